The highest BCUT2D eigenvalue weighted by Crippen LogP contribution is 2.28. The number of fused-ring (bicyclic) bond motifs is 1. The highest BCUT2D eigenvalue weighted by atomic mass is 16.2. The number of amides is 1. The fourth-order valence-corrected chi connectivity index (χ4v) is 3.25. The van der Waals surface area contributed by atoms with Gasteiger partial charge < -0.3 is 4.90 Å². The average molecular weight is 350 g/mol. The first-order valence-electron chi connectivity index (χ1n) is 9.21. The zero-order valence-corrected chi connectivity index (χ0v) is 16.2. The molecule has 3 aromatic rings. The van der Waals surface area contributed by atoms with Gasteiger partial charge in [0.2, 0.25) is 0 Å². The minimum Gasteiger partial charge on any atom is -0.339 e. The van der Waals surface area contributed by atoms with Crippen LogP contribution in [0.25, 0.3) is 22.3 Å². The van der Waals surface area contributed by atoms with E-state index in [1.54, 1.807) is 6.20 Å². The molecule has 1 aromatic carbocycles. The van der Waals surface area contributed by atoms with E-state index in [0.717, 1.165) is 27.9 Å². The Labute approximate surface area is 154 Å². The smallest absolute Gasteiger partial charge is 0.254 e. The summed E-state index contributed by atoms with van der Waals surface area (Å²) in [7, 11) is 0. The quantitative estimate of drug-likeness (QED) is 0.682. The molecule has 0 spiro atoms. The van der Waals surface area contributed by atoms with Crippen molar-refractivity contribution in [1.29, 1.82) is 0 Å². The molecule has 0 aliphatic rings. The van der Waals surface area contributed by atoms with Crippen LogP contribution >= 0.6 is 0 Å². The first kappa shape index (κ1) is 18.1. The van der Waals surface area contributed by atoms with Crippen LogP contribution in [0, 0.1) is 6.92 Å². The maximum Gasteiger partial charge on any atom is 0.254 e. The molecule has 1 amide bonds. The second-order valence-corrected chi connectivity index (χ2v) is 6.77. The Kier molecular flexibility index (Phi) is 5.07. The zero-order chi connectivity index (χ0) is 18.8. The predicted octanol–water partition coefficient (Wildman–Crippen LogP) is 4.47. The second-order valence-electron chi connectivity index (χ2n) is 6.77. The van der Waals surface area contributed by atoms with E-state index in [2.05, 4.69) is 31.9 Å². The number of carbonyl (C=O) groups excluding carboxylic acids is 1. The minimum atomic E-state index is 0.0283. The number of aryl methyl sites for hydroxylation is 1. The Morgan fingerprint density at radius 1 is 1.19 bits per heavy atom. The minimum absolute atomic E-state index is 0.0283. The summed E-state index contributed by atoms with van der Waals surface area (Å²) < 4.78 is 1.89. The molecule has 0 saturated heterocycles. The normalized spacial score (nSPS) is 11.3. The summed E-state index contributed by atoms with van der Waals surface area (Å²) in [6.45, 7) is 11.6. The lowest BCUT2D eigenvalue weighted by atomic mass is 10.0. The number of hydrogen-bond donors (Lipinski definition) is 0. The highest BCUT2D eigenvalue weighted by Gasteiger charge is 2.21. The third kappa shape index (κ3) is 3.09. The van der Waals surface area contributed by atoms with E-state index in [4.69, 9.17) is 4.98 Å². The third-order valence-electron chi connectivity index (χ3n) is 4.76. The summed E-state index contributed by atoms with van der Waals surface area (Å²) in [5.74, 6) is 0.0283. The summed E-state index contributed by atoms with van der Waals surface area (Å²) in [4.78, 5) is 19.8. The van der Waals surface area contributed by atoms with Crippen LogP contribution in [0.1, 0.15) is 49.7 Å². The molecule has 0 unspecified atom stereocenters. The van der Waals surface area contributed by atoms with E-state index in [-0.39, 0.29) is 11.9 Å². The number of nitrogens with zero attached hydrogens (tertiary/aromatic N) is 4. The Morgan fingerprint density at radius 2 is 1.88 bits per heavy atom. The van der Waals surface area contributed by atoms with Crippen molar-refractivity contribution in [2.75, 3.05) is 13.1 Å². The Bertz CT molecular complexity index is 938. The lowest BCUT2D eigenvalue weighted by Gasteiger charge is -2.20. The van der Waals surface area contributed by atoms with Gasteiger partial charge in [0.15, 0.2) is 5.65 Å². The lowest BCUT2D eigenvalue weighted by Crippen LogP contribution is -2.30. The van der Waals surface area contributed by atoms with Crippen LogP contribution in [0.2, 0.25) is 0 Å². The van der Waals surface area contributed by atoms with Gasteiger partial charge in [-0.2, -0.15) is 5.10 Å². The number of rotatable bonds is 5. The van der Waals surface area contributed by atoms with Gasteiger partial charge in [0.25, 0.3) is 5.91 Å². The van der Waals surface area contributed by atoms with Gasteiger partial charge in [-0.3, -0.25) is 4.79 Å². The molecule has 0 aliphatic heterocycles. The molecule has 2 heterocycles. The summed E-state index contributed by atoms with van der Waals surface area (Å²) in [5.41, 5.74) is 4.42. The van der Waals surface area contributed by atoms with Crippen LogP contribution in [0.3, 0.4) is 0 Å². The van der Waals surface area contributed by atoms with Gasteiger partial charge in [0.1, 0.15) is 0 Å². The molecular weight excluding hydrogens is 324 g/mol. The SMILES string of the molecule is CCN(CC)C(=O)c1cc(-c2ccccc2C)nc2c1cnn2C(C)C. The molecule has 5 nitrogen and oxygen atoms in total. The fraction of sp³-hybridized carbons (Fsp3) is 0.381. The molecule has 136 valence electrons. The second kappa shape index (κ2) is 7.28. The van der Waals surface area contributed by atoms with Gasteiger partial charge in [-0.1, -0.05) is 24.3 Å². The lowest BCUT2D eigenvalue weighted by molar-refractivity contribution is 0.0775. The van der Waals surface area contributed by atoms with Crippen molar-refractivity contribution in [2.45, 2.75) is 40.7 Å². The van der Waals surface area contributed by atoms with E-state index in [1.807, 2.05) is 47.7 Å². The van der Waals surface area contributed by atoms with Gasteiger partial charge in [-0.25, -0.2) is 9.67 Å². The van der Waals surface area contributed by atoms with Crippen LogP contribution in [-0.2, 0) is 0 Å². The third-order valence-corrected chi connectivity index (χ3v) is 4.76. The molecule has 0 atom stereocenters. The largest absolute Gasteiger partial charge is 0.339 e. The van der Waals surface area contributed by atoms with E-state index >= 15 is 0 Å². The van der Waals surface area contributed by atoms with Crippen LogP contribution in [0.4, 0.5) is 0 Å². The van der Waals surface area contributed by atoms with Crippen LogP contribution in [-0.4, -0.2) is 38.7 Å². The predicted molar refractivity (Wildman–Crippen MR) is 105 cm³/mol. The van der Waals surface area contributed by atoms with Gasteiger partial charge in [-0.05, 0) is 46.2 Å². The van der Waals surface area contributed by atoms with Crippen molar-refractivity contribution in [3.8, 4) is 11.3 Å². The van der Waals surface area contributed by atoms with Crippen LogP contribution in [0.5, 0.6) is 0 Å². The maximum absolute atomic E-state index is 13.1. The molecule has 0 bridgehead atoms. The molecule has 0 radical (unpaired) electrons. The molecule has 2 aromatic heterocycles. The summed E-state index contributed by atoms with van der Waals surface area (Å²) in [6.07, 6.45) is 1.76. The fourth-order valence-electron chi connectivity index (χ4n) is 3.25. The van der Waals surface area contributed by atoms with Crippen molar-refractivity contribution >= 4 is 16.9 Å². The first-order chi connectivity index (χ1) is 12.5. The number of carbonyl (C=O) groups is 1. The molecule has 5 heteroatoms. The molecule has 26 heavy (non-hydrogen) atoms. The Hall–Kier alpha value is -2.69. The molecule has 3 rings (SSSR count). The molecule has 0 saturated carbocycles. The van der Waals surface area contributed by atoms with Crippen molar-refractivity contribution < 1.29 is 4.79 Å². The topological polar surface area (TPSA) is 51.0 Å². The molecular formula is C21H26N4O. The van der Waals surface area contributed by atoms with Crippen molar-refractivity contribution in [2.24, 2.45) is 0 Å². The van der Waals surface area contributed by atoms with Gasteiger partial charge in [-0.15, -0.1) is 0 Å². The number of benzene rings is 1. The summed E-state index contributed by atoms with van der Waals surface area (Å²) in [5, 5.41) is 5.30. The standard InChI is InChI=1S/C21H26N4O/c1-6-24(7-2)21(26)17-12-19(16-11-9-8-10-15(16)5)23-20-18(17)13-22-25(20)14(3)4/h8-14H,6-7H2,1-5H3. The molecule has 0 N–H and O–H groups in total. The van der Waals surface area contributed by atoms with E-state index in [0.29, 0.717) is 18.7 Å². The first-order valence-corrected chi connectivity index (χ1v) is 9.21. The average Bonchev–Trinajstić information content (AvgIpc) is 3.06. The summed E-state index contributed by atoms with van der Waals surface area (Å²) >= 11 is 0. The number of hydrogen-bond acceptors (Lipinski definition) is 3. The molecule has 0 fully saturated rings. The molecule has 0 aliphatic carbocycles. The van der Waals surface area contributed by atoms with Gasteiger partial charge >= 0.3 is 0 Å². The number of pyridine rings is 1. The monoisotopic (exact) mass is 350 g/mol. The van der Waals surface area contributed by atoms with Crippen LogP contribution in [0.15, 0.2) is 36.5 Å². The highest BCUT2D eigenvalue weighted by molar-refractivity contribution is 6.06. The van der Waals surface area contributed by atoms with E-state index in [1.165, 1.54) is 0 Å². The zero-order valence-electron chi connectivity index (χ0n) is 16.2. The van der Waals surface area contributed by atoms with Gasteiger partial charge in [0.05, 0.1) is 22.8 Å². The Balaban J connectivity index is 2.29. The van der Waals surface area contributed by atoms with E-state index < -0.39 is 0 Å². The van der Waals surface area contributed by atoms with Crippen LogP contribution < -0.4 is 0 Å². The van der Waals surface area contributed by atoms with Gasteiger partial charge in [0, 0.05) is 24.7 Å². The number of aromatic nitrogens is 3. The van der Waals surface area contributed by atoms with Crippen molar-refractivity contribution in [3.05, 3.63) is 47.7 Å². The summed E-state index contributed by atoms with van der Waals surface area (Å²) in [6, 6.07) is 10.2. The van der Waals surface area contributed by atoms with E-state index in [9.17, 15) is 4.79 Å². The van der Waals surface area contributed by atoms with Crippen molar-refractivity contribution in [1.82, 2.24) is 19.7 Å². The Morgan fingerprint density at radius 3 is 2.50 bits per heavy atom. The van der Waals surface area contributed by atoms with Crippen molar-refractivity contribution in [3.63, 3.8) is 0 Å². The maximum atomic E-state index is 13.1.